The van der Waals surface area contributed by atoms with E-state index in [0.717, 1.165) is 0 Å². The summed E-state index contributed by atoms with van der Waals surface area (Å²) in [5, 5.41) is 8.83. The van der Waals surface area contributed by atoms with Gasteiger partial charge in [0, 0.05) is 16.7 Å². The lowest BCUT2D eigenvalue weighted by molar-refractivity contribution is -0.126. The number of hydrogen-bond donors (Lipinski definition) is 0. The van der Waals surface area contributed by atoms with Crippen LogP contribution in [0.2, 0.25) is 0 Å². The molecule has 0 aliphatic rings. The summed E-state index contributed by atoms with van der Waals surface area (Å²) in [4.78, 5) is 26.5. The summed E-state index contributed by atoms with van der Waals surface area (Å²) < 4.78 is 5.92. The highest BCUT2D eigenvalue weighted by Gasteiger charge is 2.25. The number of esters is 1. The van der Waals surface area contributed by atoms with Gasteiger partial charge in [-0.15, -0.1) is 0 Å². The first kappa shape index (κ1) is 18.7. The van der Waals surface area contributed by atoms with Crippen molar-refractivity contribution in [1.82, 2.24) is 0 Å². The molecule has 0 aliphatic heterocycles. The van der Waals surface area contributed by atoms with Gasteiger partial charge in [-0.25, -0.2) is 4.79 Å². The zero-order chi connectivity index (χ0) is 18.2. The van der Waals surface area contributed by atoms with Gasteiger partial charge >= 0.3 is 5.97 Å². The maximum atomic E-state index is 12.7. The summed E-state index contributed by atoms with van der Waals surface area (Å²) in [6, 6.07) is 17.9. The van der Waals surface area contributed by atoms with Crippen LogP contribution in [0.5, 0.6) is 0 Å². The van der Waals surface area contributed by atoms with Crippen molar-refractivity contribution >= 4 is 33.5 Å². The molecule has 128 valence electrons. The van der Waals surface area contributed by atoms with E-state index < -0.39 is 12.1 Å². The summed E-state index contributed by atoms with van der Waals surface area (Å²) in [5.41, 5.74) is 1.01. The maximum Gasteiger partial charge on any atom is 0.340 e. The van der Waals surface area contributed by atoms with Gasteiger partial charge in [-0.1, -0.05) is 30.3 Å². The molecular weight excluding hydrogens is 384 g/mol. The molecule has 0 heterocycles. The van der Waals surface area contributed by atoms with E-state index in [4.69, 9.17) is 10.00 Å². The van der Waals surface area contributed by atoms with Crippen LogP contribution in [0.3, 0.4) is 0 Å². The summed E-state index contributed by atoms with van der Waals surface area (Å²) >= 11 is 3.29. The summed E-state index contributed by atoms with van der Waals surface area (Å²) in [6.07, 6.45) is -0.788. The van der Waals surface area contributed by atoms with Crippen molar-refractivity contribution in [2.75, 3.05) is 11.4 Å². The van der Waals surface area contributed by atoms with E-state index in [-0.39, 0.29) is 18.9 Å². The Hall–Kier alpha value is -2.65. The number of hydrogen-bond acceptors (Lipinski definition) is 4. The average molecular weight is 401 g/mol. The molecule has 0 aromatic heterocycles. The molecule has 0 radical (unpaired) electrons. The average Bonchev–Trinajstić information content (AvgIpc) is 2.63. The fourth-order valence-electron chi connectivity index (χ4n) is 2.26. The molecule has 0 bridgehead atoms. The van der Waals surface area contributed by atoms with Crippen LogP contribution >= 0.6 is 15.9 Å². The van der Waals surface area contributed by atoms with Crippen molar-refractivity contribution in [3.05, 3.63) is 64.6 Å². The van der Waals surface area contributed by atoms with E-state index >= 15 is 0 Å². The Bertz CT molecular complexity index is 787. The third-order valence-electron chi connectivity index (χ3n) is 3.51. The maximum absolute atomic E-state index is 12.7. The minimum absolute atomic E-state index is 0.186. The number of carbonyl (C=O) groups is 2. The number of carbonyl (C=O) groups excluding carboxylic acids is 2. The Balaban J connectivity index is 2.14. The smallest absolute Gasteiger partial charge is 0.340 e. The molecule has 5 nitrogen and oxygen atoms in total. The van der Waals surface area contributed by atoms with Gasteiger partial charge in [0.05, 0.1) is 18.1 Å². The van der Waals surface area contributed by atoms with Crippen LogP contribution in [0.15, 0.2) is 59.1 Å². The number of benzene rings is 2. The molecule has 1 unspecified atom stereocenters. The topological polar surface area (TPSA) is 70.4 Å². The normalized spacial score (nSPS) is 11.2. The number of para-hydroxylation sites is 1. The van der Waals surface area contributed by atoms with Crippen LogP contribution in [-0.4, -0.2) is 24.5 Å². The molecule has 2 rings (SSSR count). The van der Waals surface area contributed by atoms with Gasteiger partial charge in [0.25, 0.3) is 5.91 Å². The van der Waals surface area contributed by atoms with E-state index in [1.165, 1.54) is 11.8 Å². The van der Waals surface area contributed by atoms with Gasteiger partial charge in [-0.2, -0.15) is 5.26 Å². The molecular formula is C19H17BrN2O3. The molecule has 2 aromatic carbocycles. The lowest BCUT2D eigenvalue weighted by Crippen LogP contribution is -2.40. The Morgan fingerprint density at radius 1 is 1.16 bits per heavy atom. The second kappa shape index (κ2) is 9.00. The van der Waals surface area contributed by atoms with E-state index in [2.05, 4.69) is 15.9 Å². The second-order valence-electron chi connectivity index (χ2n) is 5.26. The van der Waals surface area contributed by atoms with Gasteiger partial charge in [-0.3, -0.25) is 4.79 Å². The van der Waals surface area contributed by atoms with Gasteiger partial charge in [-0.05, 0) is 47.1 Å². The largest absolute Gasteiger partial charge is 0.449 e. The van der Waals surface area contributed by atoms with Crippen molar-refractivity contribution in [2.24, 2.45) is 0 Å². The van der Waals surface area contributed by atoms with Gasteiger partial charge in [0.2, 0.25) is 0 Å². The number of nitrogens with zero attached hydrogens (tertiary/aromatic N) is 2. The standard InChI is InChI=1S/C19H17BrN2O3/c1-14(25-19(24)16-10-5-6-11-17(16)20)18(23)22(13-7-12-21)15-8-3-2-4-9-15/h2-6,8-11,14H,7,13H2,1H3. The quantitative estimate of drug-likeness (QED) is 0.688. The molecule has 0 spiro atoms. The molecule has 0 saturated carbocycles. The third-order valence-corrected chi connectivity index (χ3v) is 4.20. The van der Waals surface area contributed by atoms with Crippen LogP contribution < -0.4 is 4.90 Å². The van der Waals surface area contributed by atoms with E-state index in [1.807, 2.05) is 12.1 Å². The number of amides is 1. The van der Waals surface area contributed by atoms with Crippen LogP contribution in [0.1, 0.15) is 23.7 Å². The van der Waals surface area contributed by atoms with Crippen molar-refractivity contribution < 1.29 is 14.3 Å². The van der Waals surface area contributed by atoms with Crippen LogP contribution in [0.25, 0.3) is 0 Å². The van der Waals surface area contributed by atoms with E-state index in [9.17, 15) is 9.59 Å². The fraction of sp³-hybridized carbons (Fsp3) is 0.211. The monoisotopic (exact) mass is 400 g/mol. The third kappa shape index (κ3) is 4.91. The Morgan fingerprint density at radius 2 is 1.80 bits per heavy atom. The first-order chi connectivity index (χ1) is 12.0. The lowest BCUT2D eigenvalue weighted by atomic mass is 10.2. The minimum Gasteiger partial charge on any atom is -0.449 e. The summed E-state index contributed by atoms with van der Waals surface area (Å²) in [7, 11) is 0. The van der Waals surface area contributed by atoms with Gasteiger partial charge in [0.1, 0.15) is 0 Å². The zero-order valence-corrected chi connectivity index (χ0v) is 15.3. The Morgan fingerprint density at radius 3 is 2.44 bits per heavy atom. The molecule has 6 heteroatoms. The highest BCUT2D eigenvalue weighted by Crippen LogP contribution is 2.19. The van der Waals surface area contributed by atoms with Crippen LogP contribution in [0, 0.1) is 11.3 Å². The first-order valence-corrected chi connectivity index (χ1v) is 8.52. The van der Waals surface area contributed by atoms with Gasteiger partial charge < -0.3 is 9.64 Å². The van der Waals surface area contributed by atoms with Crippen molar-refractivity contribution in [3.63, 3.8) is 0 Å². The molecule has 25 heavy (non-hydrogen) atoms. The predicted octanol–water partition coefficient (Wildman–Crippen LogP) is 3.94. The molecule has 0 saturated heterocycles. The number of anilines is 1. The van der Waals surface area contributed by atoms with E-state index in [0.29, 0.717) is 15.7 Å². The zero-order valence-electron chi connectivity index (χ0n) is 13.7. The molecule has 0 N–H and O–H groups in total. The highest BCUT2D eigenvalue weighted by molar-refractivity contribution is 9.10. The Labute approximate surface area is 154 Å². The number of halogens is 1. The van der Waals surface area contributed by atoms with Crippen molar-refractivity contribution in [2.45, 2.75) is 19.4 Å². The molecule has 0 fully saturated rings. The van der Waals surface area contributed by atoms with E-state index in [1.54, 1.807) is 48.5 Å². The second-order valence-corrected chi connectivity index (χ2v) is 6.12. The molecule has 0 aliphatic carbocycles. The van der Waals surface area contributed by atoms with Crippen molar-refractivity contribution in [1.29, 1.82) is 5.26 Å². The lowest BCUT2D eigenvalue weighted by Gasteiger charge is -2.25. The fourth-order valence-corrected chi connectivity index (χ4v) is 2.70. The highest BCUT2D eigenvalue weighted by atomic mass is 79.9. The molecule has 2 aromatic rings. The summed E-state index contributed by atoms with van der Waals surface area (Å²) in [6.45, 7) is 1.76. The number of ether oxygens (including phenoxy) is 1. The molecule has 1 atom stereocenters. The first-order valence-electron chi connectivity index (χ1n) is 7.73. The minimum atomic E-state index is -0.974. The number of nitriles is 1. The van der Waals surface area contributed by atoms with Crippen molar-refractivity contribution in [3.8, 4) is 6.07 Å². The SMILES string of the molecule is CC(OC(=O)c1ccccc1Br)C(=O)N(CCC#N)c1ccccc1. The van der Waals surface area contributed by atoms with Crippen LogP contribution in [-0.2, 0) is 9.53 Å². The van der Waals surface area contributed by atoms with Gasteiger partial charge in [0.15, 0.2) is 6.10 Å². The number of rotatable bonds is 6. The Kier molecular flexibility index (Phi) is 6.72. The molecule has 1 amide bonds. The van der Waals surface area contributed by atoms with Crippen LogP contribution in [0.4, 0.5) is 5.69 Å². The predicted molar refractivity (Wildman–Crippen MR) is 98.0 cm³/mol. The summed E-state index contributed by atoms with van der Waals surface area (Å²) in [5.74, 6) is -0.955.